The number of ether oxygens (including phenoxy) is 2. The number of carbonyl (C=O) groups excluding carboxylic acids is 4. The third-order valence-electron chi connectivity index (χ3n) is 5.30. The molecule has 0 unspecified atom stereocenters. The predicted octanol–water partition coefficient (Wildman–Crippen LogP) is 2.20. The first-order chi connectivity index (χ1) is 16.6. The molecule has 1 heterocycles. The van der Waals surface area contributed by atoms with Crippen molar-refractivity contribution in [3.05, 3.63) is 48.0 Å². The molecular formula is C26H36N2O7. The van der Waals surface area contributed by atoms with E-state index < -0.39 is 35.5 Å². The van der Waals surface area contributed by atoms with E-state index in [1.54, 1.807) is 57.2 Å². The molecule has 2 rings (SSSR count). The Kier molecular flexibility index (Phi) is 10.9. The molecule has 0 saturated carbocycles. The lowest BCUT2D eigenvalue weighted by Crippen LogP contribution is -2.38. The van der Waals surface area contributed by atoms with Crippen molar-refractivity contribution in [2.24, 2.45) is 11.8 Å². The van der Waals surface area contributed by atoms with Crippen molar-refractivity contribution in [3.63, 3.8) is 0 Å². The Morgan fingerprint density at radius 3 is 2.37 bits per heavy atom. The molecule has 1 aromatic carbocycles. The second-order valence-electron chi connectivity index (χ2n) is 9.49. The fourth-order valence-electron chi connectivity index (χ4n) is 3.61. The van der Waals surface area contributed by atoms with Crippen LogP contribution in [0.3, 0.4) is 0 Å². The van der Waals surface area contributed by atoms with Gasteiger partial charge in [-0.3, -0.25) is 19.2 Å². The summed E-state index contributed by atoms with van der Waals surface area (Å²) < 4.78 is 11.2. The molecule has 0 spiro atoms. The first-order valence-electron chi connectivity index (χ1n) is 11.9. The fourth-order valence-corrected chi connectivity index (χ4v) is 3.61. The van der Waals surface area contributed by atoms with Gasteiger partial charge in [-0.2, -0.15) is 0 Å². The number of cyclic esters (lactones) is 1. The van der Waals surface area contributed by atoms with Crippen LogP contribution in [-0.4, -0.2) is 54.2 Å². The van der Waals surface area contributed by atoms with E-state index in [4.69, 9.17) is 14.6 Å². The largest absolute Gasteiger partial charge is 0.460 e. The molecule has 0 aliphatic carbocycles. The third-order valence-corrected chi connectivity index (χ3v) is 5.30. The summed E-state index contributed by atoms with van der Waals surface area (Å²) in [6.07, 6.45) is 3.01. The van der Waals surface area contributed by atoms with Gasteiger partial charge in [-0.1, -0.05) is 42.5 Å². The molecule has 192 valence electrons. The Morgan fingerprint density at radius 1 is 1.09 bits per heavy atom. The highest BCUT2D eigenvalue weighted by molar-refractivity contribution is 5.86. The third kappa shape index (κ3) is 10.3. The van der Waals surface area contributed by atoms with Gasteiger partial charge >= 0.3 is 11.9 Å². The van der Waals surface area contributed by atoms with E-state index in [1.807, 2.05) is 6.07 Å². The van der Waals surface area contributed by atoms with Gasteiger partial charge in [0, 0.05) is 13.0 Å². The number of nitrogens with one attached hydrogen (secondary N) is 2. The predicted molar refractivity (Wildman–Crippen MR) is 129 cm³/mol. The maximum absolute atomic E-state index is 13.1. The van der Waals surface area contributed by atoms with Crippen LogP contribution in [0, 0.1) is 11.8 Å². The highest BCUT2D eigenvalue weighted by Crippen LogP contribution is 2.24. The summed E-state index contributed by atoms with van der Waals surface area (Å²) in [6, 6.07) is 9.01. The maximum atomic E-state index is 13.1. The van der Waals surface area contributed by atoms with Gasteiger partial charge in [-0.15, -0.1) is 0 Å². The van der Waals surface area contributed by atoms with Crippen LogP contribution in [0.4, 0.5) is 0 Å². The van der Waals surface area contributed by atoms with Crippen molar-refractivity contribution in [3.8, 4) is 0 Å². The van der Waals surface area contributed by atoms with Gasteiger partial charge < -0.3 is 25.2 Å². The van der Waals surface area contributed by atoms with Gasteiger partial charge in [-0.25, -0.2) is 0 Å². The zero-order chi connectivity index (χ0) is 25.8. The quantitative estimate of drug-likeness (QED) is 0.396. The lowest BCUT2D eigenvalue weighted by atomic mass is 9.96. The van der Waals surface area contributed by atoms with E-state index in [0.717, 1.165) is 0 Å². The lowest BCUT2D eigenvalue weighted by Gasteiger charge is -2.25. The summed E-state index contributed by atoms with van der Waals surface area (Å²) in [5.41, 5.74) is 0.0186. The summed E-state index contributed by atoms with van der Waals surface area (Å²) in [6.45, 7) is 5.22. The van der Waals surface area contributed by atoms with E-state index >= 15 is 0 Å². The Labute approximate surface area is 206 Å². The first-order valence-corrected chi connectivity index (χ1v) is 11.9. The van der Waals surface area contributed by atoms with Crippen LogP contribution in [-0.2, 0) is 28.7 Å². The summed E-state index contributed by atoms with van der Waals surface area (Å²) in [4.78, 5) is 50.5. The number of esters is 2. The van der Waals surface area contributed by atoms with Crippen molar-refractivity contribution in [2.75, 3.05) is 19.7 Å². The minimum absolute atomic E-state index is 0.0201. The Morgan fingerprint density at radius 2 is 1.74 bits per heavy atom. The number of hydrogen-bond donors (Lipinski definition) is 3. The van der Waals surface area contributed by atoms with Gasteiger partial charge in [0.1, 0.15) is 11.7 Å². The monoisotopic (exact) mass is 488 g/mol. The van der Waals surface area contributed by atoms with Crippen molar-refractivity contribution in [1.29, 1.82) is 0 Å². The number of hydrogen-bond acceptors (Lipinski definition) is 7. The average Bonchev–Trinajstić information content (AvgIpc) is 2.79. The molecule has 0 bridgehead atoms. The zero-order valence-electron chi connectivity index (χ0n) is 20.6. The highest BCUT2D eigenvalue weighted by atomic mass is 16.6. The van der Waals surface area contributed by atoms with E-state index in [2.05, 4.69) is 10.6 Å². The molecule has 1 aliphatic rings. The number of benzene rings is 1. The number of carbonyl (C=O) groups is 4. The van der Waals surface area contributed by atoms with Crippen molar-refractivity contribution >= 4 is 23.8 Å². The molecule has 3 N–H and O–H groups in total. The van der Waals surface area contributed by atoms with E-state index in [9.17, 15) is 19.2 Å². The van der Waals surface area contributed by atoms with Gasteiger partial charge in [0.05, 0.1) is 31.4 Å². The SMILES string of the molecule is CC(C)(C)OC(=O)C[C@H]1C/C=C\C[C@H](CC(=O)NCCO)C(=O)NC[C@H](c2ccccc2)OC1=O. The molecular weight excluding hydrogens is 452 g/mol. The molecule has 9 heteroatoms. The molecule has 1 aliphatic heterocycles. The summed E-state index contributed by atoms with van der Waals surface area (Å²) in [5, 5.41) is 14.3. The van der Waals surface area contributed by atoms with Gasteiger partial charge in [0.15, 0.2) is 0 Å². The number of aliphatic hydroxyl groups is 1. The van der Waals surface area contributed by atoms with E-state index in [0.29, 0.717) is 5.56 Å². The number of allylic oxidation sites excluding steroid dienone is 2. The average molecular weight is 489 g/mol. The van der Waals surface area contributed by atoms with Crippen molar-refractivity contribution < 1.29 is 33.8 Å². The normalized spacial score (nSPS) is 22.6. The Hall–Kier alpha value is -3.20. The van der Waals surface area contributed by atoms with Crippen LogP contribution in [0.25, 0.3) is 0 Å². The molecule has 0 fully saturated rings. The van der Waals surface area contributed by atoms with Crippen LogP contribution < -0.4 is 10.6 Å². The Bertz CT molecular complexity index is 893. The second kappa shape index (κ2) is 13.6. The van der Waals surface area contributed by atoms with Crippen molar-refractivity contribution in [1.82, 2.24) is 10.6 Å². The summed E-state index contributed by atoms with van der Waals surface area (Å²) in [5.74, 6) is -3.12. The zero-order valence-corrected chi connectivity index (χ0v) is 20.6. The van der Waals surface area contributed by atoms with Gasteiger partial charge in [0.25, 0.3) is 0 Å². The minimum Gasteiger partial charge on any atom is -0.460 e. The number of amides is 2. The Balaban J connectivity index is 2.25. The highest BCUT2D eigenvalue weighted by Gasteiger charge is 2.30. The topological polar surface area (TPSA) is 131 Å². The molecule has 35 heavy (non-hydrogen) atoms. The van der Waals surface area contributed by atoms with Crippen LogP contribution in [0.1, 0.15) is 58.1 Å². The fraction of sp³-hybridized carbons (Fsp3) is 0.538. The second-order valence-corrected chi connectivity index (χ2v) is 9.49. The number of aliphatic hydroxyl groups excluding tert-OH is 1. The lowest BCUT2D eigenvalue weighted by molar-refractivity contribution is -0.164. The van der Waals surface area contributed by atoms with E-state index in [1.165, 1.54) is 0 Å². The molecule has 2 amide bonds. The number of rotatable bonds is 7. The van der Waals surface area contributed by atoms with E-state index in [-0.39, 0.29) is 57.2 Å². The smallest absolute Gasteiger partial charge is 0.310 e. The van der Waals surface area contributed by atoms with Crippen LogP contribution in [0.5, 0.6) is 0 Å². The van der Waals surface area contributed by atoms with Crippen LogP contribution in [0.15, 0.2) is 42.5 Å². The van der Waals surface area contributed by atoms with Gasteiger partial charge in [0.2, 0.25) is 11.8 Å². The molecule has 0 radical (unpaired) electrons. The molecule has 0 saturated heterocycles. The van der Waals surface area contributed by atoms with Crippen LogP contribution >= 0.6 is 0 Å². The van der Waals surface area contributed by atoms with Crippen LogP contribution in [0.2, 0.25) is 0 Å². The molecule has 0 aromatic heterocycles. The molecule has 1 aromatic rings. The maximum Gasteiger partial charge on any atom is 0.310 e. The van der Waals surface area contributed by atoms with Gasteiger partial charge in [-0.05, 0) is 39.2 Å². The summed E-state index contributed by atoms with van der Waals surface area (Å²) in [7, 11) is 0. The van der Waals surface area contributed by atoms with Crippen molar-refractivity contribution in [2.45, 2.75) is 58.2 Å². The molecule has 3 atom stereocenters. The molecule has 9 nitrogen and oxygen atoms in total. The standard InChI is InChI=1S/C26H36N2O7/c1-26(2,3)35-23(31)16-20-12-8-7-11-19(15-22(30)27-13-14-29)24(32)28-17-21(34-25(20)33)18-9-5-4-6-10-18/h4-10,19-21,29H,11-17H2,1-3H3,(H,27,30)(H,28,32)/b8-7-/t19-,20-,21-/m1/s1. The minimum atomic E-state index is -0.763. The first kappa shape index (κ1) is 28.0. The summed E-state index contributed by atoms with van der Waals surface area (Å²) >= 11 is 0.